The van der Waals surface area contributed by atoms with Gasteiger partial charge in [0.25, 0.3) is 0 Å². The Morgan fingerprint density at radius 1 is 1.47 bits per heavy atom. The Bertz CT molecular complexity index is 435. The van der Waals surface area contributed by atoms with E-state index >= 15 is 0 Å². The number of amides is 1. The average molecular weight is 277 g/mol. The summed E-state index contributed by atoms with van der Waals surface area (Å²) in [5.41, 5.74) is 0.474. The van der Waals surface area contributed by atoms with Gasteiger partial charge in [-0.05, 0) is 18.2 Å². The Morgan fingerprint density at radius 2 is 2.18 bits per heavy atom. The summed E-state index contributed by atoms with van der Waals surface area (Å²) in [7, 11) is 0. The van der Waals surface area contributed by atoms with E-state index in [2.05, 4.69) is 5.32 Å². The van der Waals surface area contributed by atoms with E-state index in [0.717, 1.165) is 0 Å². The molecule has 3 nitrogen and oxygen atoms in total. The lowest BCUT2D eigenvalue weighted by Gasteiger charge is -2.33. The van der Waals surface area contributed by atoms with Crippen molar-refractivity contribution in [2.45, 2.75) is 6.17 Å². The molecule has 1 aliphatic heterocycles. The third-order valence-corrected chi connectivity index (χ3v) is 3.05. The number of nitrogens with zero attached hydrogens (tertiary/aromatic N) is 1. The third-order valence-electron chi connectivity index (χ3n) is 2.48. The van der Waals surface area contributed by atoms with Crippen LogP contribution in [0.15, 0.2) is 18.2 Å². The topological polar surface area (TPSA) is 32.3 Å². The lowest BCUT2D eigenvalue weighted by molar-refractivity contribution is -0.119. The van der Waals surface area contributed by atoms with Crippen LogP contribution >= 0.6 is 23.2 Å². The number of rotatable bonds is 3. The Labute approximate surface area is 108 Å². The highest BCUT2D eigenvalue weighted by Gasteiger charge is 2.27. The van der Waals surface area contributed by atoms with E-state index in [1.165, 1.54) is 0 Å². The minimum Gasteiger partial charge on any atom is -0.324 e. The van der Waals surface area contributed by atoms with Crippen molar-refractivity contribution in [1.82, 2.24) is 4.90 Å². The molecular weight excluding hydrogens is 266 g/mol. The highest BCUT2D eigenvalue weighted by molar-refractivity contribution is 6.35. The molecule has 1 saturated heterocycles. The van der Waals surface area contributed by atoms with Gasteiger partial charge in [0.05, 0.1) is 17.3 Å². The second kappa shape index (κ2) is 5.21. The van der Waals surface area contributed by atoms with Crippen LogP contribution in [0.5, 0.6) is 0 Å². The fourth-order valence-electron chi connectivity index (χ4n) is 1.62. The second-order valence-corrected chi connectivity index (χ2v) is 4.81. The van der Waals surface area contributed by atoms with Gasteiger partial charge in [-0.15, -0.1) is 0 Å². The first-order chi connectivity index (χ1) is 8.04. The van der Waals surface area contributed by atoms with Gasteiger partial charge < -0.3 is 5.32 Å². The number of hydrogen-bond donors (Lipinski definition) is 1. The van der Waals surface area contributed by atoms with Crippen molar-refractivity contribution in [3.63, 3.8) is 0 Å². The van der Waals surface area contributed by atoms with Crippen molar-refractivity contribution in [3.05, 3.63) is 28.2 Å². The fraction of sp³-hybridized carbons (Fsp3) is 0.364. The summed E-state index contributed by atoms with van der Waals surface area (Å²) in [6.07, 6.45) is -0.808. The SMILES string of the molecule is O=C(CN1CC(F)C1)Nc1cc(Cl)ccc1Cl. The first-order valence-electron chi connectivity index (χ1n) is 5.16. The summed E-state index contributed by atoms with van der Waals surface area (Å²) in [4.78, 5) is 13.3. The molecule has 0 aromatic heterocycles. The first-order valence-corrected chi connectivity index (χ1v) is 5.91. The van der Waals surface area contributed by atoms with Crippen LogP contribution in [0.2, 0.25) is 10.0 Å². The Balaban J connectivity index is 1.91. The predicted octanol–water partition coefficient (Wildman–Crippen LogP) is 2.59. The lowest BCUT2D eigenvalue weighted by atomic mass is 10.2. The van der Waals surface area contributed by atoms with Crippen LogP contribution in [0.1, 0.15) is 0 Å². The number of hydrogen-bond acceptors (Lipinski definition) is 2. The summed E-state index contributed by atoms with van der Waals surface area (Å²) in [5.74, 6) is -0.221. The summed E-state index contributed by atoms with van der Waals surface area (Å²) < 4.78 is 12.5. The van der Waals surface area contributed by atoms with Crippen molar-refractivity contribution in [2.24, 2.45) is 0 Å². The highest BCUT2D eigenvalue weighted by atomic mass is 35.5. The molecule has 1 heterocycles. The number of likely N-dealkylation sites (tertiary alicyclic amines) is 1. The van der Waals surface area contributed by atoms with Crippen molar-refractivity contribution < 1.29 is 9.18 Å². The highest BCUT2D eigenvalue weighted by Crippen LogP contribution is 2.25. The number of anilines is 1. The molecule has 1 fully saturated rings. The van der Waals surface area contributed by atoms with Crippen LogP contribution in [0.25, 0.3) is 0 Å². The van der Waals surface area contributed by atoms with E-state index < -0.39 is 6.17 Å². The smallest absolute Gasteiger partial charge is 0.238 e. The summed E-state index contributed by atoms with van der Waals surface area (Å²) >= 11 is 11.7. The zero-order chi connectivity index (χ0) is 12.4. The van der Waals surface area contributed by atoms with Gasteiger partial charge in [-0.2, -0.15) is 0 Å². The molecule has 1 aromatic rings. The monoisotopic (exact) mass is 276 g/mol. The molecule has 1 aliphatic rings. The van der Waals surface area contributed by atoms with Gasteiger partial charge in [-0.3, -0.25) is 9.69 Å². The summed E-state index contributed by atoms with van der Waals surface area (Å²) in [6, 6.07) is 4.83. The van der Waals surface area contributed by atoms with E-state index in [-0.39, 0.29) is 12.5 Å². The molecule has 2 rings (SSSR count). The third kappa shape index (κ3) is 3.31. The molecule has 1 N–H and O–H groups in total. The Hall–Kier alpha value is -0.840. The molecule has 1 aromatic carbocycles. The van der Waals surface area contributed by atoms with Gasteiger partial charge in [-0.1, -0.05) is 23.2 Å². The second-order valence-electron chi connectivity index (χ2n) is 3.96. The van der Waals surface area contributed by atoms with Crippen LogP contribution in [0.4, 0.5) is 10.1 Å². The van der Waals surface area contributed by atoms with Crippen molar-refractivity contribution >= 4 is 34.8 Å². The minimum absolute atomic E-state index is 0.170. The number of carbonyl (C=O) groups excluding carboxylic acids is 1. The van der Waals surface area contributed by atoms with Gasteiger partial charge in [0, 0.05) is 18.1 Å². The quantitative estimate of drug-likeness (QED) is 0.921. The maximum absolute atomic E-state index is 12.5. The molecule has 92 valence electrons. The zero-order valence-corrected chi connectivity index (χ0v) is 10.4. The zero-order valence-electron chi connectivity index (χ0n) is 8.92. The van der Waals surface area contributed by atoms with Gasteiger partial charge in [0.2, 0.25) is 5.91 Å². The molecule has 17 heavy (non-hydrogen) atoms. The molecule has 0 radical (unpaired) electrons. The molecule has 0 spiro atoms. The number of carbonyl (C=O) groups is 1. The molecule has 0 aliphatic carbocycles. The van der Waals surface area contributed by atoms with Crippen LogP contribution < -0.4 is 5.32 Å². The molecule has 1 amide bonds. The number of alkyl halides is 1. The normalized spacial score (nSPS) is 16.6. The largest absolute Gasteiger partial charge is 0.324 e. The predicted molar refractivity (Wildman–Crippen MR) is 66.4 cm³/mol. The molecular formula is C11H11Cl2FN2O. The molecule has 6 heteroatoms. The van der Waals surface area contributed by atoms with Crippen molar-refractivity contribution in [3.8, 4) is 0 Å². The average Bonchev–Trinajstić information content (AvgIpc) is 2.21. The van der Waals surface area contributed by atoms with E-state index in [9.17, 15) is 9.18 Å². The van der Waals surface area contributed by atoms with E-state index in [0.29, 0.717) is 28.8 Å². The number of benzene rings is 1. The maximum Gasteiger partial charge on any atom is 0.238 e. The fourth-order valence-corrected chi connectivity index (χ4v) is 1.96. The van der Waals surface area contributed by atoms with Gasteiger partial charge in [-0.25, -0.2) is 4.39 Å². The van der Waals surface area contributed by atoms with E-state index in [4.69, 9.17) is 23.2 Å². The molecule has 0 bridgehead atoms. The minimum atomic E-state index is -0.808. The van der Waals surface area contributed by atoms with E-state index in [1.54, 1.807) is 23.1 Å². The standard InChI is InChI=1S/C11H11Cl2FN2O/c12-7-1-2-9(13)10(3-7)15-11(17)6-16-4-8(14)5-16/h1-3,8H,4-6H2,(H,15,17). The Kier molecular flexibility index (Phi) is 3.86. The van der Waals surface area contributed by atoms with E-state index in [1.807, 2.05) is 0 Å². The van der Waals surface area contributed by atoms with Crippen molar-refractivity contribution in [2.75, 3.05) is 25.0 Å². The number of nitrogens with one attached hydrogen (secondary N) is 1. The van der Waals surface area contributed by atoms with Gasteiger partial charge in [0.15, 0.2) is 0 Å². The van der Waals surface area contributed by atoms with Crippen LogP contribution in [-0.2, 0) is 4.79 Å². The van der Waals surface area contributed by atoms with Crippen LogP contribution in [0, 0.1) is 0 Å². The molecule has 0 atom stereocenters. The van der Waals surface area contributed by atoms with Crippen LogP contribution in [0.3, 0.4) is 0 Å². The summed E-state index contributed by atoms with van der Waals surface area (Å²) in [5, 5.41) is 3.57. The molecule has 0 unspecified atom stereocenters. The Morgan fingerprint density at radius 3 is 2.82 bits per heavy atom. The summed E-state index contributed by atoms with van der Waals surface area (Å²) in [6.45, 7) is 0.802. The van der Waals surface area contributed by atoms with Crippen LogP contribution in [-0.4, -0.2) is 36.6 Å². The van der Waals surface area contributed by atoms with Gasteiger partial charge >= 0.3 is 0 Å². The number of halogens is 3. The maximum atomic E-state index is 12.5. The molecule has 0 saturated carbocycles. The first kappa shape index (κ1) is 12.6. The van der Waals surface area contributed by atoms with Crippen molar-refractivity contribution in [1.29, 1.82) is 0 Å². The lowest BCUT2D eigenvalue weighted by Crippen LogP contribution is -2.51. The van der Waals surface area contributed by atoms with Gasteiger partial charge in [0.1, 0.15) is 6.17 Å².